The average Bonchev–Trinajstić information content (AvgIpc) is 3.30. The van der Waals surface area contributed by atoms with E-state index >= 15 is 0 Å². The lowest BCUT2D eigenvalue weighted by molar-refractivity contribution is 0.102. The molecular weight excluding hydrogens is 364 g/mol. The van der Waals surface area contributed by atoms with Gasteiger partial charge < -0.3 is 20.3 Å². The van der Waals surface area contributed by atoms with Crippen molar-refractivity contribution in [3.05, 3.63) is 72.6 Å². The third-order valence-electron chi connectivity index (χ3n) is 4.98. The number of carbonyl (C=O) groups excluding carboxylic acids is 1. The Labute approximate surface area is 170 Å². The highest BCUT2D eigenvalue weighted by atomic mass is 16.5. The number of methoxy groups -OCH3 is 1. The number of aromatic nitrogens is 1. The van der Waals surface area contributed by atoms with Gasteiger partial charge >= 0.3 is 0 Å². The first-order valence-corrected chi connectivity index (χ1v) is 9.74. The first kappa shape index (κ1) is 18.8. The van der Waals surface area contributed by atoms with Crippen LogP contribution >= 0.6 is 0 Å². The Morgan fingerprint density at radius 2 is 1.62 bits per heavy atom. The van der Waals surface area contributed by atoms with E-state index in [9.17, 15) is 4.79 Å². The van der Waals surface area contributed by atoms with Crippen LogP contribution in [0.5, 0.6) is 5.75 Å². The molecule has 1 aromatic heterocycles. The van der Waals surface area contributed by atoms with Crippen molar-refractivity contribution in [3.63, 3.8) is 0 Å². The van der Waals surface area contributed by atoms with E-state index < -0.39 is 0 Å². The second-order valence-electron chi connectivity index (χ2n) is 7.01. The zero-order valence-corrected chi connectivity index (χ0v) is 16.4. The smallest absolute Gasteiger partial charge is 0.257 e. The zero-order valence-electron chi connectivity index (χ0n) is 16.4. The first-order valence-electron chi connectivity index (χ1n) is 9.74. The molecule has 2 N–H and O–H groups in total. The van der Waals surface area contributed by atoms with Gasteiger partial charge in [0, 0.05) is 36.3 Å². The number of hydrogen-bond acceptors (Lipinski definition) is 5. The molecule has 1 amide bonds. The molecule has 2 heterocycles. The van der Waals surface area contributed by atoms with Crippen LogP contribution in [0, 0.1) is 0 Å². The summed E-state index contributed by atoms with van der Waals surface area (Å²) in [4.78, 5) is 19.1. The molecule has 1 fully saturated rings. The van der Waals surface area contributed by atoms with Gasteiger partial charge in [-0.1, -0.05) is 0 Å². The lowest BCUT2D eigenvalue weighted by Gasteiger charge is -2.18. The molecular formula is C23H24N4O2. The summed E-state index contributed by atoms with van der Waals surface area (Å²) in [5.41, 5.74) is 4.16. The summed E-state index contributed by atoms with van der Waals surface area (Å²) < 4.78 is 5.13. The molecule has 6 nitrogen and oxygen atoms in total. The minimum absolute atomic E-state index is 0.212. The van der Waals surface area contributed by atoms with Gasteiger partial charge in [0.2, 0.25) is 0 Å². The van der Waals surface area contributed by atoms with Crippen LogP contribution in [0.15, 0.2) is 67.0 Å². The summed E-state index contributed by atoms with van der Waals surface area (Å²) in [6, 6.07) is 17.4. The van der Waals surface area contributed by atoms with Crippen LogP contribution in [0.25, 0.3) is 0 Å². The van der Waals surface area contributed by atoms with Gasteiger partial charge in [0.05, 0.1) is 24.6 Å². The lowest BCUT2D eigenvalue weighted by atomic mass is 10.2. The summed E-state index contributed by atoms with van der Waals surface area (Å²) in [6.45, 7) is 2.25. The maximum Gasteiger partial charge on any atom is 0.257 e. The van der Waals surface area contributed by atoms with E-state index in [1.807, 2.05) is 0 Å². The van der Waals surface area contributed by atoms with Crippen LogP contribution in [-0.4, -0.2) is 31.1 Å². The molecule has 29 heavy (non-hydrogen) atoms. The van der Waals surface area contributed by atoms with E-state index in [0.717, 1.165) is 30.2 Å². The number of carbonyl (C=O) groups is 1. The lowest BCUT2D eigenvalue weighted by Crippen LogP contribution is -2.17. The largest absolute Gasteiger partial charge is 0.497 e. The third-order valence-corrected chi connectivity index (χ3v) is 4.98. The van der Waals surface area contributed by atoms with Gasteiger partial charge in [-0.05, 0) is 67.4 Å². The van der Waals surface area contributed by atoms with E-state index in [4.69, 9.17) is 4.74 Å². The minimum Gasteiger partial charge on any atom is -0.497 e. The Kier molecular flexibility index (Phi) is 5.61. The molecule has 0 unspecified atom stereocenters. The maximum atomic E-state index is 12.5. The Morgan fingerprint density at radius 3 is 2.31 bits per heavy atom. The Morgan fingerprint density at radius 1 is 0.931 bits per heavy atom. The van der Waals surface area contributed by atoms with Crippen LogP contribution in [0.4, 0.5) is 22.7 Å². The van der Waals surface area contributed by atoms with Crippen molar-refractivity contribution in [2.24, 2.45) is 0 Å². The monoisotopic (exact) mass is 388 g/mol. The van der Waals surface area contributed by atoms with Crippen LogP contribution in [-0.2, 0) is 0 Å². The van der Waals surface area contributed by atoms with Gasteiger partial charge in [0.1, 0.15) is 5.75 Å². The summed E-state index contributed by atoms with van der Waals surface area (Å²) in [5.74, 6) is 0.530. The summed E-state index contributed by atoms with van der Waals surface area (Å²) >= 11 is 0. The highest BCUT2D eigenvalue weighted by Crippen LogP contribution is 2.24. The average molecular weight is 388 g/mol. The van der Waals surface area contributed by atoms with Gasteiger partial charge in [0.25, 0.3) is 5.91 Å². The van der Waals surface area contributed by atoms with Gasteiger partial charge in [-0.25, -0.2) is 0 Å². The molecule has 1 aliphatic rings. The second kappa shape index (κ2) is 8.65. The number of ether oxygens (including phenoxy) is 1. The number of nitrogens with one attached hydrogen (secondary N) is 2. The minimum atomic E-state index is -0.212. The molecule has 4 rings (SSSR count). The van der Waals surface area contributed by atoms with Crippen LogP contribution < -0.4 is 20.3 Å². The number of rotatable bonds is 6. The standard InChI is InChI=1S/C23H24N4O2/c1-29-22-10-6-19(7-11-22)26-23(28)17-14-20(16-24-15-17)25-18-4-8-21(9-5-18)27-12-2-3-13-27/h4-11,14-16,25H,2-3,12-13H2,1H3,(H,26,28). The molecule has 6 heteroatoms. The maximum absolute atomic E-state index is 12.5. The summed E-state index contributed by atoms with van der Waals surface area (Å²) in [5, 5.41) is 6.19. The predicted molar refractivity (Wildman–Crippen MR) is 116 cm³/mol. The normalized spacial score (nSPS) is 13.2. The quantitative estimate of drug-likeness (QED) is 0.641. The molecule has 0 atom stereocenters. The van der Waals surface area contributed by atoms with Gasteiger partial charge in [-0.3, -0.25) is 9.78 Å². The molecule has 0 radical (unpaired) electrons. The van der Waals surface area contributed by atoms with Crippen molar-refractivity contribution < 1.29 is 9.53 Å². The molecule has 0 bridgehead atoms. The van der Waals surface area contributed by atoms with E-state index in [1.54, 1.807) is 49.8 Å². The van der Waals surface area contributed by atoms with E-state index in [1.165, 1.54) is 18.5 Å². The second-order valence-corrected chi connectivity index (χ2v) is 7.01. The first-order chi connectivity index (χ1) is 14.2. The molecule has 1 aliphatic heterocycles. The van der Waals surface area contributed by atoms with Gasteiger partial charge in [-0.15, -0.1) is 0 Å². The van der Waals surface area contributed by atoms with Crippen molar-refractivity contribution in [1.82, 2.24) is 4.98 Å². The van der Waals surface area contributed by atoms with Crippen molar-refractivity contribution in [1.29, 1.82) is 0 Å². The Balaban J connectivity index is 1.41. The van der Waals surface area contributed by atoms with Crippen LogP contribution in [0.1, 0.15) is 23.2 Å². The van der Waals surface area contributed by atoms with Gasteiger partial charge in [-0.2, -0.15) is 0 Å². The molecule has 0 saturated carbocycles. The van der Waals surface area contributed by atoms with Gasteiger partial charge in [0.15, 0.2) is 0 Å². The Bertz CT molecular complexity index is 965. The van der Waals surface area contributed by atoms with Crippen LogP contribution in [0.2, 0.25) is 0 Å². The summed E-state index contributed by atoms with van der Waals surface area (Å²) in [7, 11) is 1.61. The zero-order chi connectivity index (χ0) is 20.1. The van der Waals surface area contributed by atoms with Crippen molar-refractivity contribution in [2.45, 2.75) is 12.8 Å². The van der Waals surface area contributed by atoms with E-state index in [-0.39, 0.29) is 5.91 Å². The predicted octanol–water partition coefficient (Wildman–Crippen LogP) is 4.69. The highest BCUT2D eigenvalue weighted by Gasteiger charge is 2.12. The molecule has 0 spiro atoms. The number of pyridine rings is 1. The molecule has 0 aliphatic carbocycles. The van der Waals surface area contributed by atoms with Crippen molar-refractivity contribution in [2.75, 3.05) is 35.7 Å². The fraction of sp³-hybridized carbons (Fsp3) is 0.217. The molecule has 1 saturated heterocycles. The number of nitrogens with zero attached hydrogens (tertiary/aromatic N) is 2. The number of benzene rings is 2. The SMILES string of the molecule is COc1ccc(NC(=O)c2cncc(Nc3ccc(N4CCCC4)cc3)c2)cc1. The van der Waals surface area contributed by atoms with E-state index in [0.29, 0.717) is 11.3 Å². The topological polar surface area (TPSA) is 66.5 Å². The van der Waals surface area contributed by atoms with E-state index in [2.05, 4.69) is 44.8 Å². The molecule has 2 aromatic carbocycles. The van der Waals surface area contributed by atoms with Crippen molar-refractivity contribution >= 4 is 28.7 Å². The number of anilines is 4. The Hall–Kier alpha value is -3.54. The van der Waals surface area contributed by atoms with Crippen molar-refractivity contribution in [3.8, 4) is 5.75 Å². The third kappa shape index (κ3) is 4.66. The molecule has 3 aromatic rings. The number of hydrogen-bond donors (Lipinski definition) is 2. The summed E-state index contributed by atoms with van der Waals surface area (Å²) in [6.07, 6.45) is 5.78. The highest BCUT2D eigenvalue weighted by molar-refractivity contribution is 6.04. The number of amides is 1. The molecule has 148 valence electrons. The van der Waals surface area contributed by atoms with Crippen LogP contribution in [0.3, 0.4) is 0 Å². The fourth-order valence-corrected chi connectivity index (χ4v) is 3.41. The fourth-order valence-electron chi connectivity index (χ4n) is 3.41.